The Kier molecular flexibility index (Phi) is 2.54. The summed E-state index contributed by atoms with van der Waals surface area (Å²) in [6.45, 7) is 0.841. The van der Waals surface area contributed by atoms with E-state index in [0.29, 0.717) is 24.5 Å². The SMILES string of the molecule is O=C1CCn2cc(C3CCCCC3)nc2C1. The second-order valence-corrected chi connectivity index (χ2v) is 5.08. The molecule has 2 heterocycles. The Morgan fingerprint density at radius 1 is 1.25 bits per heavy atom. The lowest BCUT2D eigenvalue weighted by atomic mass is 9.87. The van der Waals surface area contributed by atoms with Crippen LogP contribution in [0.3, 0.4) is 0 Å². The maximum atomic E-state index is 11.4. The predicted octanol–water partition coefficient (Wildman–Crippen LogP) is 2.45. The van der Waals surface area contributed by atoms with Crippen molar-refractivity contribution in [2.24, 2.45) is 0 Å². The van der Waals surface area contributed by atoms with Crippen molar-refractivity contribution in [2.75, 3.05) is 0 Å². The standard InChI is InChI=1S/C13H18N2O/c16-11-6-7-15-9-12(14-13(15)8-11)10-4-2-1-3-5-10/h9-10H,1-8H2. The van der Waals surface area contributed by atoms with Crippen LogP contribution in [-0.4, -0.2) is 15.3 Å². The Labute approximate surface area is 95.9 Å². The second-order valence-electron chi connectivity index (χ2n) is 5.08. The van der Waals surface area contributed by atoms with Crippen LogP contribution >= 0.6 is 0 Å². The first kappa shape index (κ1) is 10.1. The van der Waals surface area contributed by atoms with Crippen LogP contribution in [0.15, 0.2) is 6.20 Å². The molecule has 1 aromatic heterocycles. The van der Waals surface area contributed by atoms with Crippen LogP contribution < -0.4 is 0 Å². The molecule has 2 aliphatic rings. The topological polar surface area (TPSA) is 34.9 Å². The van der Waals surface area contributed by atoms with Gasteiger partial charge < -0.3 is 4.57 Å². The Morgan fingerprint density at radius 2 is 2.06 bits per heavy atom. The van der Waals surface area contributed by atoms with Crippen molar-refractivity contribution in [1.29, 1.82) is 0 Å². The summed E-state index contributed by atoms with van der Waals surface area (Å²) in [6.07, 6.45) is 10.0. The highest BCUT2D eigenvalue weighted by Gasteiger charge is 2.22. The Hall–Kier alpha value is -1.12. The van der Waals surface area contributed by atoms with Gasteiger partial charge in [-0.1, -0.05) is 19.3 Å². The van der Waals surface area contributed by atoms with Crippen LogP contribution in [0, 0.1) is 0 Å². The van der Waals surface area contributed by atoms with Crippen molar-refractivity contribution in [2.45, 2.75) is 57.4 Å². The molecule has 0 N–H and O–H groups in total. The molecule has 1 aliphatic heterocycles. The molecule has 0 aromatic carbocycles. The largest absolute Gasteiger partial charge is 0.334 e. The van der Waals surface area contributed by atoms with Gasteiger partial charge in [-0.25, -0.2) is 4.98 Å². The molecule has 0 amide bonds. The van der Waals surface area contributed by atoms with E-state index in [1.807, 2.05) is 0 Å². The van der Waals surface area contributed by atoms with Gasteiger partial charge in [0.2, 0.25) is 0 Å². The van der Waals surface area contributed by atoms with Crippen molar-refractivity contribution in [3.05, 3.63) is 17.7 Å². The van der Waals surface area contributed by atoms with Crippen molar-refractivity contribution in [3.63, 3.8) is 0 Å². The number of ketones is 1. The van der Waals surface area contributed by atoms with E-state index in [1.165, 1.54) is 37.8 Å². The zero-order chi connectivity index (χ0) is 11.0. The molecule has 0 atom stereocenters. The highest BCUT2D eigenvalue weighted by atomic mass is 16.1. The fourth-order valence-corrected chi connectivity index (χ4v) is 2.92. The molecule has 0 radical (unpaired) electrons. The number of carbonyl (C=O) groups excluding carboxylic acids is 1. The second kappa shape index (κ2) is 4.04. The summed E-state index contributed by atoms with van der Waals surface area (Å²) >= 11 is 0. The first-order valence-electron chi connectivity index (χ1n) is 6.40. The Morgan fingerprint density at radius 3 is 2.88 bits per heavy atom. The van der Waals surface area contributed by atoms with Gasteiger partial charge >= 0.3 is 0 Å². The summed E-state index contributed by atoms with van der Waals surface area (Å²) in [5.41, 5.74) is 1.24. The smallest absolute Gasteiger partial charge is 0.142 e. The van der Waals surface area contributed by atoms with Gasteiger partial charge in [-0.05, 0) is 12.8 Å². The molecule has 1 saturated carbocycles. The predicted molar refractivity (Wildman–Crippen MR) is 61.4 cm³/mol. The van der Waals surface area contributed by atoms with Crippen LogP contribution in [-0.2, 0) is 17.8 Å². The number of fused-ring (bicyclic) bond motifs is 1. The third kappa shape index (κ3) is 1.79. The van der Waals surface area contributed by atoms with Crippen LogP contribution in [0.25, 0.3) is 0 Å². The number of rotatable bonds is 1. The van der Waals surface area contributed by atoms with Crippen molar-refractivity contribution >= 4 is 5.78 Å². The molecule has 1 fully saturated rings. The summed E-state index contributed by atoms with van der Waals surface area (Å²) in [5, 5.41) is 0. The number of nitrogens with zero attached hydrogens (tertiary/aromatic N) is 2. The maximum Gasteiger partial charge on any atom is 0.142 e. The third-order valence-electron chi connectivity index (χ3n) is 3.89. The van der Waals surface area contributed by atoms with E-state index in [-0.39, 0.29) is 0 Å². The van der Waals surface area contributed by atoms with Crippen LogP contribution in [0.4, 0.5) is 0 Å². The van der Waals surface area contributed by atoms with Gasteiger partial charge in [-0.3, -0.25) is 4.79 Å². The molecule has 86 valence electrons. The fraction of sp³-hybridized carbons (Fsp3) is 0.692. The van der Waals surface area contributed by atoms with Crippen LogP contribution in [0.2, 0.25) is 0 Å². The lowest BCUT2D eigenvalue weighted by molar-refractivity contribution is -0.119. The summed E-state index contributed by atoms with van der Waals surface area (Å²) in [5.74, 6) is 1.99. The van der Waals surface area contributed by atoms with E-state index in [9.17, 15) is 4.79 Å². The summed E-state index contributed by atoms with van der Waals surface area (Å²) in [7, 11) is 0. The first-order valence-corrected chi connectivity index (χ1v) is 6.40. The van der Waals surface area contributed by atoms with E-state index >= 15 is 0 Å². The third-order valence-corrected chi connectivity index (χ3v) is 3.89. The van der Waals surface area contributed by atoms with Gasteiger partial charge in [0.25, 0.3) is 0 Å². The Balaban J connectivity index is 1.83. The minimum atomic E-state index is 0.341. The van der Waals surface area contributed by atoms with Crippen LogP contribution in [0.1, 0.15) is 56.0 Å². The molecule has 0 unspecified atom stereocenters. The molecule has 0 saturated heterocycles. The minimum absolute atomic E-state index is 0.341. The average molecular weight is 218 g/mol. The molecular weight excluding hydrogens is 200 g/mol. The number of carbonyl (C=O) groups is 1. The molecule has 3 heteroatoms. The Bertz CT molecular complexity index is 402. The summed E-state index contributed by atoms with van der Waals surface area (Å²) < 4.78 is 2.19. The van der Waals surface area contributed by atoms with Crippen molar-refractivity contribution < 1.29 is 4.79 Å². The van der Waals surface area contributed by atoms with E-state index in [0.717, 1.165) is 12.4 Å². The van der Waals surface area contributed by atoms with E-state index in [1.54, 1.807) is 0 Å². The molecule has 0 bridgehead atoms. The summed E-state index contributed by atoms with van der Waals surface area (Å²) in [6, 6.07) is 0. The molecular formula is C13H18N2O. The van der Waals surface area contributed by atoms with Crippen LogP contribution in [0.5, 0.6) is 0 Å². The molecule has 3 nitrogen and oxygen atoms in total. The van der Waals surface area contributed by atoms with Gasteiger partial charge in [0.05, 0.1) is 12.1 Å². The monoisotopic (exact) mass is 218 g/mol. The summed E-state index contributed by atoms with van der Waals surface area (Å²) in [4.78, 5) is 16.0. The van der Waals surface area contributed by atoms with Gasteiger partial charge in [-0.15, -0.1) is 0 Å². The fourth-order valence-electron chi connectivity index (χ4n) is 2.92. The molecule has 16 heavy (non-hydrogen) atoms. The maximum absolute atomic E-state index is 11.4. The van der Waals surface area contributed by atoms with E-state index in [4.69, 9.17) is 0 Å². The zero-order valence-corrected chi connectivity index (χ0v) is 9.61. The number of aromatic nitrogens is 2. The lowest BCUT2D eigenvalue weighted by Crippen LogP contribution is -2.18. The number of aryl methyl sites for hydroxylation is 1. The van der Waals surface area contributed by atoms with Crippen molar-refractivity contribution in [3.8, 4) is 0 Å². The molecule has 0 spiro atoms. The van der Waals surface area contributed by atoms with Gasteiger partial charge in [-0.2, -0.15) is 0 Å². The highest BCUT2D eigenvalue weighted by Crippen LogP contribution is 2.32. The van der Waals surface area contributed by atoms with Gasteiger partial charge in [0.15, 0.2) is 0 Å². The first-order chi connectivity index (χ1) is 7.83. The number of imidazole rings is 1. The average Bonchev–Trinajstić information content (AvgIpc) is 2.73. The van der Waals surface area contributed by atoms with Crippen molar-refractivity contribution in [1.82, 2.24) is 9.55 Å². The van der Waals surface area contributed by atoms with E-state index < -0.39 is 0 Å². The quantitative estimate of drug-likeness (QED) is 0.725. The number of hydrogen-bond acceptors (Lipinski definition) is 2. The molecule has 1 aliphatic carbocycles. The number of hydrogen-bond donors (Lipinski definition) is 0. The lowest BCUT2D eigenvalue weighted by Gasteiger charge is -2.19. The number of Topliss-reactive ketones (excluding diaryl/α,β-unsaturated/α-hetero) is 1. The highest BCUT2D eigenvalue weighted by molar-refractivity contribution is 5.80. The van der Waals surface area contributed by atoms with E-state index in [2.05, 4.69) is 15.7 Å². The molecule has 1 aromatic rings. The van der Waals surface area contributed by atoms with Gasteiger partial charge in [0, 0.05) is 25.1 Å². The normalized spacial score (nSPS) is 22.1. The zero-order valence-electron chi connectivity index (χ0n) is 9.61. The van der Waals surface area contributed by atoms with Gasteiger partial charge in [0.1, 0.15) is 11.6 Å². The molecule has 3 rings (SSSR count). The minimum Gasteiger partial charge on any atom is -0.334 e.